The summed E-state index contributed by atoms with van der Waals surface area (Å²) < 4.78 is 18.5. The van der Waals surface area contributed by atoms with E-state index in [0.717, 1.165) is 45.3 Å². The van der Waals surface area contributed by atoms with Crippen LogP contribution in [0.5, 0.6) is 5.75 Å². The van der Waals surface area contributed by atoms with Gasteiger partial charge in [-0.15, -0.1) is 0 Å². The molecule has 1 aliphatic rings. The zero-order valence-electron chi connectivity index (χ0n) is 15.2. The smallest absolute Gasteiger partial charge is 0.323 e. The van der Waals surface area contributed by atoms with E-state index in [9.17, 15) is 14.0 Å². The summed E-state index contributed by atoms with van der Waals surface area (Å²) in [6, 6.07) is 5.98. The number of carboxylic acids is 1. The highest BCUT2D eigenvalue weighted by Crippen LogP contribution is 2.18. The van der Waals surface area contributed by atoms with Crippen LogP contribution >= 0.6 is 0 Å². The number of ether oxygens (including phenoxy) is 1. The molecule has 2 rings (SSSR count). The quantitative estimate of drug-likeness (QED) is 0.716. The van der Waals surface area contributed by atoms with Gasteiger partial charge in [-0.25, -0.2) is 4.39 Å². The minimum Gasteiger partial charge on any atom is -0.494 e. The Hall–Kier alpha value is -2.15. The number of halogens is 1. The van der Waals surface area contributed by atoms with Crippen LogP contribution in [-0.4, -0.2) is 65.6 Å². The van der Waals surface area contributed by atoms with Gasteiger partial charge < -0.3 is 19.6 Å². The fourth-order valence-corrected chi connectivity index (χ4v) is 3.33. The van der Waals surface area contributed by atoms with Crippen LogP contribution in [0.1, 0.15) is 32.6 Å². The van der Waals surface area contributed by atoms with Gasteiger partial charge in [0.15, 0.2) is 0 Å². The second kappa shape index (κ2) is 10.1. The van der Waals surface area contributed by atoms with E-state index in [1.165, 1.54) is 24.0 Å². The van der Waals surface area contributed by atoms with Crippen LogP contribution in [0.15, 0.2) is 24.3 Å². The van der Waals surface area contributed by atoms with Gasteiger partial charge in [-0.1, -0.05) is 0 Å². The van der Waals surface area contributed by atoms with Crippen LogP contribution in [0.25, 0.3) is 0 Å². The third kappa shape index (κ3) is 6.63. The number of amides is 1. The fraction of sp³-hybridized carbons (Fsp3) is 0.579. The van der Waals surface area contributed by atoms with Crippen molar-refractivity contribution >= 4 is 11.9 Å². The predicted molar refractivity (Wildman–Crippen MR) is 95.6 cm³/mol. The number of carboxylic acid groups (broad SMARTS) is 1. The van der Waals surface area contributed by atoms with Crippen LogP contribution in [0.2, 0.25) is 0 Å². The minimum atomic E-state index is -0.973. The Morgan fingerprint density at radius 2 is 2.00 bits per heavy atom. The van der Waals surface area contributed by atoms with Gasteiger partial charge in [0, 0.05) is 26.1 Å². The number of nitrogens with zero attached hydrogens (tertiary/aromatic N) is 2. The Kier molecular flexibility index (Phi) is 7.84. The van der Waals surface area contributed by atoms with Gasteiger partial charge >= 0.3 is 5.97 Å². The Labute approximate surface area is 153 Å². The number of benzene rings is 1. The standard InChI is InChI=1S/C19H27FN2O4/c1-15(23)22(14-19(24)25)17-4-2-10-21(12-9-17)11-3-13-26-18-7-5-16(20)6-8-18/h5-8,17H,2-4,9-14H2,1H3,(H,24,25). The largest absolute Gasteiger partial charge is 0.494 e. The molecule has 0 aromatic heterocycles. The molecule has 144 valence electrons. The van der Waals surface area contributed by atoms with Crippen molar-refractivity contribution in [2.75, 3.05) is 32.8 Å². The molecule has 7 heteroatoms. The molecule has 1 aromatic carbocycles. The first kappa shape index (κ1) is 20.2. The highest BCUT2D eigenvalue weighted by Gasteiger charge is 2.25. The van der Waals surface area contributed by atoms with Crippen LogP contribution in [0.3, 0.4) is 0 Å². The summed E-state index contributed by atoms with van der Waals surface area (Å²) in [5.74, 6) is -0.773. The Morgan fingerprint density at radius 3 is 2.65 bits per heavy atom. The molecule has 1 N–H and O–H groups in total. The van der Waals surface area contributed by atoms with Crippen molar-refractivity contribution in [3.8, 4) is 5.75 Å². The summed E-state index contributed by atoms with van der Waals surface area (Å²) in [5, 5.41) is 9.00. The van der Waals surface area contributed by atoms with Crippen molar-refractivity contribution in [1.29, 1.82) is 0 Å². The summed E-state index contributed by atoms with van der Waals surface area (Å²) in [4.78, 5) is 26.5. The molecule has 1 aromatic rings. The van der Waals surface area contributed by atoms with E-state index >= 15 is 0 Å². The normalized spacial score (nSPS) is 18.2. The van der Waals surface area contributed by atoms with Gasteiger partial charge in [0.1, 0.15) is 18.1 Å². The minimum absolute atomic E-state index is 0.0101. The lowest BCUT2D eigenvalue weighted by Crippen LogP contribution is -2.42. The summed E-state index contributed by atoms with van der Waals surface area (Å²) in [7, 11) is 0. The number of hydrogen-bond acceptors (Lipinski definition) is 4. The van der Waals surface area contributed by atoms with E-state index in [4.69, 9.17) is 9.84 Å². The van der Waals surface area contributed by atoms with Crippen molar-refractivity contribution in [2.24, 2.45) is 0 Å². The summed E-state index contributed by atoms with van der Waals surface area (Å²) in [5.41, 5.74) is 0. The lowest BCUT2D eigenvalue weighted by atomic mass is 10.1. The van der Waals surface area contributed by atoms with Crippen LogP contribution < -0.4 is 4.74 Å². The van der Waals surface area contributed by atoms with Crippen LogP contribution in [-0.2, 0) is 9.59 Å². The van der Waals surface area contributed by atoms with E-state index in [1.807, 2.05) is 0 Å². The van der Waals surface area contributed by atoms with Gasteiger partial charge in [0.05, 0.1) is 6.61 Å². The van der Waals surface area contributed by atoms with Gasteiger partial charge in [-0.05, 0) is 56.5 Å². The molecule has 1 aliphatic heterocycles. The Morgan fingerprint density at radius 1 is 1.27 bits per heavy atom. The molecule has 1 saturated heterocycles. The zero-order chi connectivity index (χ0) is 18.9. The first-order chi connectivity index (χ1) is 12.5. The zero-order valence-corrected chi connectivity index (χ0v) is 15.2. The van der Waals surface area contributed by atoms with E-state index < -0.39 is 5.97 Å². The summed E-state index contributed by atoms with van der Waals surface area (Å²) in [6.45, 7) is 4.41. The maximum atomic E-state index is 12.8. The van der Waals surface area contributed by atoms with E-state index in [1.54, 1.807) is 12.1 Å². The second-order valence-corrected chi connectivity index (χ2v) is 6.62. The fourth-order valence-electron chi connectivity index (χ4n) is 3.33. The average molecular weight is 366 g/mol. The maximum Gasteiger partial charge on any atom is 0.323 e. The number of rotatable bonds is 8. The topological polar surface area (TPSA) is 70.1 Å². The third-order valence-corrected chi connectivity index (χ3v) is 4.64. The first-order valence-electron chi connectivity index (χ1n) is 9.05. The van der Waals surface area contributed by atoms with E-state index in [-0.39, 0.29) is 24.3 Å². The van der Waals surface area contributed by atoms with E-state index in [0.29, 0.717) is 12.4 Å². The maximum absolute atomic E-state index is 12.8. The SMILES string of the molecule is CC(=O)N(CC(=O)O)C1CCCN(CCCOc2ccc(F)cc2)CC1. The highest BCUT2D eigenvalue weighted by molar-refractivity contribution is 5.79. The third-order valence-electron chi connectivity index (χ3n) is 4.64. The Bertz CT molecular complexity index is 594. The van der Waals surface area contributed by atoms with Gasteiger partial charge in [0.25, 0.3) is 0 Å². The molecule has 0 bridgehead atoms. The van der Waals surface area contributed by atoms with Gasteiger partial charge in [0.2, 0.25) is 5.91 Å². The first-order valence-corrected chi connectivity index (χ1v) is 9.05. The molecule has 1 heterocycles. The highest BCUT2D eigenvalue weighted by atomic mass is 19.1. The molecular formula is C19H27FN2O4. The molecule has 1 unspecified atom stereocenters. The van der Waals surface area contributed by atoms with Crippen molar-refractivity contribution < 1.29 is 23.8 Å². The van der Waals surface area contributed by atoms with Crippen molar-refractivity contribution in [2.45, 2.75) is 38.6 Å². The number of carbonyl (C=O) groups excluding carboxylic acids is 1. The molecule has 6 nitrogen and oxygen atoms in total. The van der Waals surface area contributed by atoms with Crippen molar-refractivity contribution in [1.82, 2.24) is 9.80 Å². The van der Waals surface area contributed by atoms with Gasteiger partial charge in [-0.3, -0.25) is 9.59 Å². The average Bonchev–Trinajstić information content (AvgIpc) is 2.83. The monoisotopic (exact) mass is 366 g/mol. The molecule has 0 aliphatic carbocycles. The van der Waals surface area contributed by atoms with Crippen LogP contribution in [0, 0.1) is 5.82 Å². The number of aliphatic carboxylic acids is 1. The molecule has 0 spiro atoms. The van der Waals surface area contributed by atoms with E-state index in [2.05, 4.69) is 4.90 Å². The predicted octanol–water partition coefficient (Wildman–Crippen LogP) is 2.38. The number of likely N-dealkylation sites (tertiary alicyclic amines) is 1. The molecule has 1 fully saturated rings. The van der Waals surface area contributed by atoms with Crippen molar-refractivity contribution in [3.05, 3.63) is 30.1 Å². The number of hydrogen-bond donors (Lipinski definition) is 1. The molecule has 0 saturated carbocycles. The molecule has 26 heavy (non-hydrogen) atoms. The van der Waals surface area contributed by atoms with Gasteiger partial charge in [-0.2, -0.15) is 0 Å². The molecule has 0 radical (unpaired) electrons. The summed E-state index contributed by atoms with van der Waals surface area (Å²) in [6.07, 6.45) is 3.40. The molecule has 1 amide bonds. The lowest BCUT2D eigenvalue weighted by molar-refractivity contribution is -0.145. The van der Waals surface area contributed by atoms with Crippen molar-refractivity contribution in [3.63, 3.8) is 0 Å². The summed E-state index contributed by atoms with van der Waals surface area (Å²) >= 11 is 0. The lowest BCUT2D eigenvalue weighted by Gasteiger charge is -2.29. The number of carbonyl (C=O) groups is 2. The molecular weight excluding hydrogens is 339 g/mol. The second-order valence-electron chi connectivity index (χ2n) is 6.62. The molecule has 1 atom stereocenters. The van der Waals surface area contributed by atoms with Crippen LogP contribution in [0.4, 0.5) is 4.39 Å². The Balaban J connectivity index is 1.73.